The van der Waals surface area contributed by atoms with Gasteiger partial charge in [0.2, 0.25) is 0 Å². The van der Waals surface area contributed by atoms with E-state index in [1.165, 1.54) is 37.9 Å². The van der Waals surface area contributed by atoms with Crippen LogP contribution in [0.15, 0.2) is 12.4 Å². The molecule has 2 atom stereocenters. The van der Waals surface area contributed by atoms with Crippen LogP contribution in [-0.4, -0.2) is 22.1 Å². The molecule has 3 nitrogen and oxygen atoms in total. The molecule has 0 spiro atoms. The Labute approximate surface area is 124 Å². The van der Waals surface area contributed by atoms with Gasteiger partial charge in [0.1, 0.15) is 5.82 Å². The predicted octanol–water partition coefficient (Wildman–Crippen LogP) is 3.96. The molecule has 0 aliphatic heterocycles. The molecule has 0 radical (unpaired) electrons. The van der Waals surface area contributed by atoms with Crippen LogP contribution in [0.3, 0.4) is 0 Å². The Balaban J connectivity index is 2.23. The van der Waals surface area contributed by atoms with Gasteiger partial charge in [-0.05, 0) is 37.6 Å². The van der Waals surface area contributed by atoms with Crippen LogP contribution in [0.2, 0.25) is 0 Å². The number of aromatic nitrogens is 2. The molecule has 2 unspecified atom stereocenters. The maximum atomic E-state index is 4.58. The molecule has 0 bridgehead atoms. The monoisotopic (exact) mass is 277 g/mol. The minimum Gasteiger partial charge on any atom is -0.330 e. The second-order valence-corrected chi connectivity index (χ2v) is 6.88. The van der Waals surface area contributed by atoms with Gasteiger partial charge in [-0.3, -0.25) is 0 Å². The fourth-order valence-electron chi connectivity index (χ4n) is 3.68. The van der Waals surface area contributed by atoms with Crippen molar-refractivity contribution in [1.29, 1.82) is 0 Å². The van der Waals surface area contributed by atoms with E-state index in [1.807, 2.05) is 6.20 Å². The zero-order valence-electron chi connectivity index (χ0n) is 13.7. The summed E-state index contributed by atoms with van der Waals surface area (Å²) in [5.41, 5.74) is 0.367. The highest BCUT2D eigenvalue weighted by Crippen LogP contribution is 2.41. The second kappa shape index (κ2) is 6.75. The van der Waals surface area contributed by atoms with Crippen LogP contribution in [0, 0.1) is 5.41 Å². The van der Waals surface area contributed by atoms with Crippen molar-refractivity contribution in [2.24, 2.45) is 5.41 Å². The Morgan fingerprint density at radius 2 is 2.15 bits per heavy atom. The molecule has 1 aromatic heterocycles. The Bertz CT molecular complexity index is 408. The van der Waals surface area contributed by atoms with Crippen molar-refractivity contribution in [2.75, 3.05) is 6.54 Å². The van der Waals surface area contributed by atoms with Gasteiger partial charge in [-0.25, -0.2) is 4.98 Å². The van der Waals surface area contributed by atoms with Crippen molar-refractivity contribution >= 4 is 0 Å². The van der Waals surface area contributed by atoms with Crippen molar-refractivity contribution in [3.8, 4) is 0 Å². The fraction of sp³-hybridized carbons (Fsp3) is 0.824. The number of nitrogens with one attached hydrogen (secondary N) is 1. The van der Waals surface area contributed by atoms with E-state index in [0.29, 0.717) is 17.5 Å². The summed E-state index contributed by atoms with van der Waals surface area (Å²) >= 11 is 0. The summed E-state index contributed by atoms with van der Waals surface area (Å²) < 4.78 is 2.46. The lowest BCUT2D eigenvalue weighted by atomic mass is 9.70. The summed E-state index contributed by atoms with van der Waals surface area (Å²) in [6.45, 7) is 10.4. The molecule has 1 aliphatic carbocycles. The number of imidazole rings is 1. The zero-order valence-corrected chi connectivity index (χ0v) is 13.7. The SMILES string of the molecule is CCCNC1C(n2ccnc2CCC)CCCC1(C)C. The van der Waals surface area contributed by atoms with Gasteiger partial charge in [0.05, 0.1) is 6.04 Å². The van der Waals surface area contributed by atoms with E-state index in [0.717, 1.165) is 13.0 Å². The Morgan fingerprint density at radius 3 is 2.85 bits per heavy atom. The van der Waals surface area contributed by atoms with Crippen LogP contribution in [0.1, 0.15) is 71.7 Å². The van der Waals surface area contributed by atoms with Crippen LogP contribution in [0.25, 0.3) is 0 Å². The maximum absolute atomic E-state index is 4.58. The van der Waals surface area contributed by atoms with Gasteiger partial charge in [-0.1, -0.05) is 34.1 Å². The van der Waals surface area contributed by atoms with Crippen molar-refractivity contribution in [3.05, 3.63) is 18.2 Å². The molecule has 114 valence electrons. The van der Waals surface area contributed by atoms with Crippen molar-refractivity contribution < 1.29 is 0 Å². The van der Waals surface area contributed by atoms with Gasteiger partial charge in [-0.15, -0.1) is 0 Å². The van der Waals surface area contributed by atoms with E-state index in [2.05, 4.69) is 48.8 Å². The van der Waals surface area contributed by atoms with Crippen LogP contribution in [-0.2, 0) is 6.42 Å². The first-order valence-corrected chi connectivity index (χ1v) is 8.35. The molecule has 3 heteroatoms. The Morgan fingerprint density at radius 1 is 1.35 bits per heavy atom. The molecule has 20 heavy (non-hydrogen) atoms. The van der Waals surface area contributed by atoms with E-state index >= 15 is 0 Å². The van der Waals surface area contributed by atoms with Crippen LogP contribution in [0.5, 0.6) is 0 Å². The van der Waals surface area contributed by atoms with Gasteiger partial charge in [0.15, 0.2) is 0 Å². The lowest BCUT2D eigenvalue weighted by Gasteiger charge is -2.45. The van der Waals surface area contributed by atoms with E-state index in [4.69, 9.17) is 0 Å². The highest BCUT2D eigenvalue weighted by atomic mass is 15.1. The molecule has 0 aromatic carbocycles. The van der Waals surface area contributed by atoms with Crippen LogP contribution in [0.4, 0.5) is 0 Å². The van der Waals surface area contributed by atoms with Gasteiger partial charge in [-0.2, -0.15) is 0 Å². The molecule has 1 heterocycles. The average molecular weight is 277 g/mol. The number of nitrogens with zero attached hydrogens (tertiary/aromatic N) is 2. The third-order valence-electron chi connectivity index (χ3n) is 4.74. The van der Waals surface area contributed by atoms with Crippen molar-refractivity contribution in [3.63, 3.8) is 0 Å². The van der Waals surface area contributed by atoms with E-state index < -0.39 is 0 Å². The first-order chi connectivity index (χ1) is 9.60. The molecular weight excluding hydrogens is 246 g/mol. The third kappa shape index (κ3) is 3.25. The zero-order chi connectivity index (χ0) is 14.6. The van der Waals surface area contributed by atoms with Crippen LogP contribution < -0.4 is 5.32 Å². The summed E-state index contributed by atoms with van der Waals surface area (Å²) in [5, 5.41) is 3.82. The number of hydrogen-bond acceptors (Lipinski definition) is 2. The van der Waals surface area contributed by atoms with Gasteiger partial charge < -0.3 is 9.88 Å². The van der Waals surface area contributed by atoms with Crippen molar-refractivity contribution in [1.82, 2.24) is 14.9 Å². The summed E-state index contributed by atoms with van der Waals surface area (Å²) in [6, 6.07) is 1.12. The normalized spacial score (nSPS) is 25.8. The van der Waals surface area contributed by atoms with Gasteiger partial charge in [0.25, 0.3) is 0 Å². The number of aryl methyl sites for hydroxylation is 1. The topological polar surface area (TPSA) is 29.9 Å². The van der Waals surface area contributed by atoms with Gasteiger partial charge >= 0.3 is 0 Å². The molecule has 1 N–H and O–H groups in total. The second-order valence-electron chi connectivity index (χ2n) is 6.88. The quantitative estimate of drug-likeness (QED) is 0.853. The molecule has 1 saturated carbocycles. The molecule has 0 saturated heterocycles. The van der Waals surface area contributed by atoms with Crippen molar-refractivity contribution in [2.45, 2.75) is 78.3 Å². The lowest BCUT2D eigenvalue weighted by Crippen LogP contribution is -2.50. The van der Waals surface area contributed by atoms with E-state index in [9.17, 15) is 0 Å². The molecule has 2 rings (SSSR count). The smallest absolute Gasteiger partial charge is 0.108 e. The minimum absolute atomic E-state index is 0.367. The third-order valence-corrected chi connectivity index (χ3v) is 4.74. The van der Waals surface area contributed by atoms with Crippen LogP contribution >= 0.6 is 0 Å². The summed E-state index contributed by atoms with van der Waals surface area (Å²) in [7, 11) is 0. The van der Waals surface area contributed by atoms with E-state index in [1.54, 1.807) is 0 Å². The highest BCUT2D eigenvalue weighted by molar-refractivity contribution is 5.03. The standard InChI is InChI=1S/C17H31N3/c1-5-8-15-18-12-13-20(15)14-9-7-10-17(3,4)16(14)19-11-6-2/h12-14,16,19H,5-11H2,1-4H3. The first kappa shape index (κ1) is 15.6. The molecule has 0 amide bonds. The molecule has 1 fully saturated rings. The summed E-state index contributed by atoms with van der Waals surface area (Å²) in [6.07, 6.45) is 11.5. The Kier molecular flexibility index (Phi) is 5.25. The summed E-state index contributed by atoms with van der Waals surface area (Å²) in [4.78, 5) is 4.58. The average Bonchev–Trinajstić information content (AvgIpc) is 2.85. The molecule has 1 aromatic rings. The fourth-order valence-corrected chi connectivity index (χ4v) is 3.68. The number of hydrogen-bond donors (Lipinski definition) is 1. The Hall–Kier alpha value is -0.830. The molecule has 1 aliphatic rings. The number of rotatable bonds is 6. The van der Waals surface area contributed by atoms with Gasteiger partial charge in [0, 0.05) is 24.9 Å². The predicted molar refractivity (Wildman–Crippen MR) is 85.0 cm³/mol. The maximum Gasteiger partial charge on any atom is 0.108 e. The lowest BCUT2D eigenvalue weighted by molar-refractivity contribution is 0.111. The largest absolute Gasteiger partial charge is 0.330 e. The minimum atomic E-state index is 0.367. The summed E-state index contributed by atoms with van der Waals surface area (Å²) in [5.74, 6) is 1.26. The van der Waals surface area contributed by atoms with E-state index in [-0.39, 0.29) is 0 Å². The highest BCUT2D eigenvalue weighted by Gasteiger charge is 2.39. The molecular formula is C17H31N3. The first-order valence-electron chi connectivity index (χ1n) is 8.35.